The Hall–Kier alpha value is -2.85. The molecule has 0 spiro atoms. The van der Waals surface area contributed by atoms with Crippen molar-refractivity contribution >= 4 is 28.6 Å². The van der Waals surface area contributed by atoms with Gasteiger partial charge in [0.15, 0.2) is 0 Å². The molecule has 4 rings (SSSR count). The Morgan fingerprint density at radius 1 is 1.22 bits per heavy atom. The second-order valence-electron chi connectivity index (χ2n) is 9.20. The molecule has 0 radical (unpaired) electrons. The number of piperidine rings is 1. The number of halogens is 4. The molecule has 1 aliphatic heterocycles. The van der Waals surface area contributed by atoms with E-state index >= 15 is 4.39 Å². The zero-order valence-electron chi connectivity index (χ0n) is 20.3. The van der Waals surface area contributed by atoms with Crippen LogP contribution in [0.15, 0.2) is 47.5 Å². The number of methoxy groups -OCH3 is 1. The lowest BCUT2D eigenvalue weighted by Gasteiger charge is -2.36. The van der Waals surface area contributed by atoms with Crippen LogP contribution < -0.4 is 4.74 Å². The normalized spacial score (nSPS) is 19.2. The molecule has 2 heterocycles. The number of carboxylic acid groups (broad SMARTS) is 1. The smallest absolute Gasteiger partial charge is 0.308 e. The molecule has 2 aromatic carbocycles. The van der Waals surface area contributed by atoms with E-state index in [1.807, 2.05) is 4.90 Å². The van der Waals surface area contributed by atoms with Gasteiger partial charge in [0.1, 0.15) is 29.4 Å². The highest BCUT2D eigenvalue weighted by molar-refractivity contribution is 7.99. The standard InChI is InChI=1S/C27H28F4N2O3S/c1-36-19-3-5-25-21(13-19)26(24(31)14-32-25)23(30)4-2-16-6-7-33(15-22(16)27(34)35)8-9-37-20-11-17(28)10-18(29)12-20/h3,5,10-14,16,22-23H,2,4,6-9,15H2,1H3,(H,34,35)/t16?,22?,23-/m1/s1. The van der Waals surface area contributed by atoms with Crippen LogP contribution in [0.4, 0.5) is 17.6 Å². The van der Waals surface area contributed by atoms with Crippen LogP contribution in [-0.4, -0.2) is 53.5 Å². The number of rotatable bonds is 10. The van der Waals surface area contributed by atoms with Gasteiger partial charge in [0, 0.05) is 40.8 Å². The molecule has 198 valence electrons. The summed E-state index contributed by atoms with van der Waals surface area (Å²) in [7, 11) is 1.47. The molecule has 37 heavy (non-hydrogen) atoms. The molecule has 3 atom stereocenters. The van der Waals surface area contributed by atoms with Crippen molar-refractivity contribution in [2.45, 2.75) is 30.3 Å². The minimum Gasteiger partial charge on any atom is -0.497 e. The molecule has 0 amide bonds. The first-order valence-electron chi connectivity index (χ1n) is 12.1. The van der Waals surface area contributed by atoms with Crippen molar-refractivity contribution in [1.29, 1.82) is 0 Å². The number of hydrogen-bond donors (Lipinski definition) is 1. The molecule has 0 saturated carbocycles. The van der Waals surface area contributed by atoms with E-state index in [1.165, 1.54) is 31.0 Å². The molecule has 1 aromatic heterocycles. The third-order valence-corrected chi connectivity index (χ3v) is 7.80. The van der Waals surface area contributed by atoms with Crippen molar-refractivity contribution < 1.29 is 32.2 Å². The monoisotopic (exact) mass is 536 g/mol. The van der Waals surface area contributed by atoms with Crippen molar-refractivity contribution in [2.24, 2.45) is 11.8 Å². The van der Waals surface area contributed by atoms with Gasteiger partial charge >= 0.3 is 5.97 Å². The number of pyridine rings is 1. The van der Waals surface area contributed by atoms with E-state index in [4.69, 9.17) is 4.74 Å². The van der Waals surface area contributed by atoms with Crippen molar-refractivity contribution in [2.75, 3.05) is 32.5 Å². The second kappa shape index (κ2) is 12.1. The summed E-state index contributed by atoms with van der Waals surface area (Å²) in [6.45, 7) is 1.49. The Bertz CT molecular complexity index is 1240. The maximum Gasteiger partial charge on any atom is 0.308 e. The Balaban J connectivity index is 1.36. The number of nitrogens with zero attached hydrogens (tertiary/aromatic N) is 2. The lowest BCUT2D eigenvalue weighted by molar-refractivity contribution is -0.146. The maximum atomic E-state index is 15.4. The van der Waals surface area contributed by atoms with E-state index in [-0.39, 0.29) is 17.9 Å². The maximum absolute atomic E-state index is 15.4. The summed E-state index contributed by atoms with van der Waals surface area (Å²) in [5.74, 6) is -2.89. The van der Waals surface area contributed by atoms with E-state index in [1.54, 1.807) is 18.2 Å². The van der Waals surface area contributed by atoms with Crippen LogP contribution in [0.2, 0.25) is 0 Å². The first-order chi connectivity index (χ1) is 17.7. The Morgan fingerprint density at radius 2 is 1.97 bits per heavy atom. The highest BCUT2D eigenvalue weighted by Crippen LogP contribution is 2.37. The van der Waals surface area contributed by atoms with E-state index in [2.05, 4.69) is 4.98 Å². The number of likely N-dealkylation sites (tertiary alicyclic amines) is 1. The number of carboxylic acids is 1. The van der Waals surface area contributed by atoms with Gasteiger partial charge in [0.05, 0.1) is 24.7 Å². The van der Waals surface area contributed by atoms with Gasteiger partial charge in [0.25, 0.3) is 0 Å². The number of aromatic nitrogens is 1. The molecule has 2 unspecified atom stereocenters. The first kappa shape index (κ1) is 27.2. The fourth-order valence-corrected chi connectivity index (χ4v) is 5.90. The molecule has 3 aromatic rings. The number of thioether (sulfide) groups is 1. The summed E-state index contributed by atoms with van der Waals surface area (Å²) in [6.07, 6.45) is 0.245. The van der Waals surface area contributed by atoms with Gasteiger partial charge in [-0.2, -0.15) is 0 Å². The highest BCUT2D eigenvalue weighted by Gasteiger charge is 2.34. The average molecular weight is 537 g/mol. The van der Waals surface area contributed by atoms with Gasteiger partial charge in [-0.25, -0.2) is 17.6 Å². The third-order valence-electron chi connectivity index (χ3n) is 6.84. The topological polar surface area (TPSA) is 62.7 Å². The quantitative estimate of drug-likeness (QED) is 0.244. The number of alkyl halides is 1. The number of aliphatic carboxylic acids is 1. The molecule has 5 nitrogen and oxygen atoms in total. The van der Waals surface area contributed by atoms with Crippen LogP contribution >= 0.6 is 11.8 Å². The molecule has 10 heteroatoms. The summed E-state index contributed by atoms with van der Waals surface area (Å²) in [5, 5.41) is 10.2. The van der Waals surface area contributed by atoms with Gasteiger partial charge in [0.2, 0.25) is 0 Å². The molecule has 1 N–H and O–H groups in total. The predicted molar refractivity (Wildman–Crippen MR) is 134 cm³/mol. The van der Waals surface area contributed by atoms with Gasteiger partial charge in [-0.05, 0) is 62.1 Å². The Labute approximate surface area is 216 Å². The number of benzene rings is 2. The van der Waals surface area contributed by atoms with E-state index < -0.39 is 35.5 Å². The first-order valence-corrected chi connectivity index (χ1v) is 13.0. The number of carbonyl (C=O) groups is 1. The molecule has 0 aliphatic carbocycles. The molecule has 1 fully saturated rings. The highest BCUT2D eigenvalue weighted by atomic mass is 32.2. The second-order valence-corrected chi connectivity index (χ2v) is 10.4. The Kier molecular flexibility index (Phi) is 8.91. The van der Waals surface area contributed by atoms with E-state index in [0.717, 1.165) is 12.3 Å². The van der Waals surface area contributed by atoms with Gasteiger partial charge in [-0.3, -0.25) is 9.78 Å². The van der Waals surface area contributed by atoms with Crippen LogP contribution in [0.3, 0.4) is 0 Å². The molecule has 1 saturated heterocycles. The summed E-state index contributed by atoms with van der Waals surface area (Å²) in [4.78, 5) is 18.5. The average Bonchev–Trinajstić information content (AvgIpc) is 2.86. The summed E-state index contributed by atoms with van der Waals surface area (Å²) in [6, 6.07) is 8.21. The molecular weight excluding hydrogens is 508 g/mol. The van der Waals surface area contributed by atoms with Crippen molar-refractivity contribution in [3.8, 4) is 5.75 Å². The third kappa shape index (κ3) is 6.73. The summed E-state index contributed by atoms with van der Waals surface area (Å²) in [5.41, 5.74) is 0.370. The van der Waals surface area contributed by atoms with Crippen LogP contribution in [-0.2, 0) is 4.79 Å². The zero-order valence-corrected chi connectivity index (χ0v) is 21.1. The Morgan fingerprint density at radius 3 is 2.68 bits per heavy atom. The fourth-order valence-electron chi connectivity index (χ4n) is 4.92. The molecule has 0 bridgehead atoms. The predicted octanol–water partition coefficient (Wildman–Crippen LogP) is 6.27. The van der Waals surface area contributed by atoms with Crippen LogP contribution in [0, 0.1) is 29.3 Å². The fraction of sp³-hybridized carbons (Fsp3) is 0.407. The van der Waals surface area contributed by atoms with Gasteiger partial charge in [-0.15, -0.1) is 11.8 Å². The van der Waals surface area contributed by atoms with Crippen LogP contribution in [0.1, 0.15) is 31.0 Å². The largest absolute Gasteiger partial charge is 0.497 e. The zero-order chi connectivity index (χ0) is 26.5. The number of fused-ring (bicyclic) bond motifs is 1. The van der Waals surface area contributed by atoms with Gasteiger partial charge in [-0.1, -0.05) is 0 Å². The van der Waals surface area contributed by atoms with Crippen molar-refractivity contribution in [3.05, 3.63) is 65.6 Å². The minimum atomic E-state index is -1.62. The molecule has 1 aliphatic rings. The summed E-state index contributed by atoms with van der Waals surface area (Å²) < 4.78 is 62.0. The number of ether oxygens (including phenoxy) is 1. The van der Waals surface area contributed by atoms with E-state index in [9.17, 15) is 23.1 Å². The summed E-state index contributed by atoms with van der Waals surface area (Å²) >= 11 is 1.30. The van der Waals surface area contributed by atoms with E-state index in [0.29, 0.717) is 59.8 Å². The van der Waals surface area contributed by atoms with Crippen molar-refractivity contribution in [3.63, 3.8) is 0 Å². The van der Waals surface area contributed by atoms with Crippen molar-refractivity contribution in [1.82, 2.24) is 9.88 Å². The lowest BCUT2D eigenvalue weighted by Crippen LogP contribution is -2.44. The lowest BCUT2D eigenvalue weighted by atomic mass is 9.81. The minimum absolute atomic E-state index is 0.0112. The van der Waals surface area contributed by atoms with Crippen LogP contribution in [0.25, 0.3) is 10.9 Å². The van der Waals surface area contributed by atoms with Gasteiger partial charge < -0.3 is 14.7 Å². The number of hydrogen-bond acceptors (Lipinski definition) is 5. The van der Waals surface area contributed by atoms with Crippen LogP contribution in [0.5, 0.6) is 5.75 Å². The SMILES string of the molecule is COc1ccc2ncc(F)c([C@H](F)CCC3CCN(CCSc4cc(F)cc(F)c4)CC3C(=O)O)c2c1. The molecular formula is C27H28F4N2O3S.